The molecule has 0 aliphatic carbocycles. The fourth-order valence-corrected chi connectivity index (χ4v) is 3.62. The van der Waals surface area contributed by atoms with Gasteiger partial charge in [0.15, 0.2) is 5.43 Å². The summed E-state index contributed by atoms with van der Waals surface area (Å²) in [5.41, 5.74) is -0.0342. The highest BCUT2D eigenvalue weighted by Crippen LogP contribution is 2.36. The summed E-state index contributed by atoms with van der Waals surface area (Å²) in [5.74, 6) is 0.272. The maximum atomic E-state index is 12.0. The minimum absolute atomic E-state index is 0.198. The third kappa shape index (κ3) is 2.50. The number of H-pyrrole nitrogens is 1. The molecule has 2 N–H and O–H groups in total. The van der Waals surface area contributed by atoms with Crippen molar-refractivity contribution in [3.8, 4) is 0 Å². The molecule has 2 saturated heterocycles. The molecule has 3 rings (SSSR count). The fourth-order valence-electron chi connectivity index (χ4n) is 3.62. The van der Waals surface area contributed by atoms with Crippen LogP contribution in [-0.4, -0.2) is 41.5 Å². The van der Waals surface area contributed by atoms with Crippen molar-refractivity contribution in [2.75, 3.05) is 13.6 Å². The maximum Gasteiger partial charge on any atom is 0.256 e. The number of carbonyl (C=O) groups excluding carboxylic acids is 1. The smallest absolute Gasteiger partial charge is 0.256 e. The van der Waals surface area contributed by atoms with Gasteiger partial charge in [-0.15, -0.1) is 0 Å². The average molecular weight is 275 g/mol. The molecule has 3 heterocycles. The first-order chi connectivity index (χ1) is 9.65. The third-order valence-electron chi connectivity index (χ3n) is 4.82. The number of rotatable bonds is 3. The van der Waals surface area contributed by atoms with Crippen LogP contribution >= 0.6 is 0 Å². The third-order valence-corrected chi connectivity index (χ3v) is 4.82. The van der Waals surface area contributed by atoms with Crippen LogP contribution in [0.2, 0.25) is 0 Å². The van der Waals surface area contributed by atoms with E-state index in [0.717, 1.165) is 12.8 Å². The minimum atomic E-state index is -0.266. The lowest BCUT2D eigenvalue weighted by Crippen LogP contribution is -2.43. The number of pyridine rings is 1. The van der Waals surface area contributed by atoms with Gasteiger partial charge < -0.3 is 15.2 Å². The molecule has 2 fully saturated rings. The number of nitrogens with one attached hydrogen (secondary N) is 2. The zero-order chi connectivity index (χ0) is 14.1. The number of fused-ring (bicyclic) bond motifs is 2. The fraction of sp³-hybridized carbons (Fsp3) is 0.600. The Bertz CT molecular complexity index is 540. The van der Waals surface area contributed by atoms with Gasteiger partial charge in [-0.05, 0) is 38.6 Å². The van der Waals surface area contributed by atoms with E-state index in [0.29, 0.717) is 24.5 Å². The monoisotopic (exact) mass is 275 g/mol. The molecule has 2 aliphatic heterocycles. The van der Waals surface area contributed by atoms with Crippen LogP contribution < -0.4 is 10.7 Å². The lowest BCUT2D eigenvalue weighted by atomic mass is 9.91. The Labute approximate surface area is 118 Å². The van der Waals surface area contributed by atoms with Crippen molar-refractivity contribution in [3.63, 3.8) is 0 Å². The number of aromatic amines is 1. The zero-order valence-corrected chi connectivity index (χ0v) is 11.8. The van der Waals surface area contributed by atoms with Crippen molar-refractivity contribution in [1.82, 2.24) is 15.2 Å². The van der Waals surface area contributed by atoms with Crippen molar-refractivity contribution in [3.05, 3.63) is 34.2 Å². The first-order valence-corrected chi connectivity index (χ1v) is 7.32. The van der Waals surface area contributed by atoms with E-state index >= 15 is 0 Å². The largest absolute Gasteiger partial charge is 0.367 e. The van der Waals surface area contributed by atoms with Crippen molar-refractivity contribution in [1.29, 1.82) is 0 Å². The highest BCUT2D eigenvalue weighted by molar-refractivity contribution is 5.93. The summed E-state index contributed by atoms with van der Waals surface area (Å²) >= 11 is 0. The number of piperidine rings is 1. The topological polar surface area (TPSA) is 65.2 Å². The van der Waals surface area contributed by atoms with Crippen molar-refractivity contribution in [2.45, 2.75) is 37.8 Å². The van der Waals surface area contributed by atoms with Gasteiger partial charge in [0.25, 0.3) is 5.91 Å². The van der Waals surface area contributed by atoms with Crippen LogP contribution in [0.15, 0.2) is 23.3 Å². The Balaban J connectivity index is 1.57. The number of amides is 1. The molecule has 2 aliphatic rings. The lowest BCUT2D eigenvalue weighted by molar-refractivity contribution is 0.0916. The molecule has 0 aromatic carbocycles. The minimum Gasteiger partial charge on any atom is -0.367 e. The molecule has 0 radical (unpaired) electrons. The molecule has 2 unspecified atom stereocenters. The molecule has 0 saturated carbocycles. The molecule has 0 spiro atoms. The van der Waals surface area contributed by atoms with E-state index in [-0.39, 0.29) is 16.9 Å². The second-order valence-corrected chi connectivity index (χ2v) is 6.02. The Hall–Kier alpha value is -1.62. The molecule has 1 aromatic heterocycles. The predicted octanol–water partition coefficient (Wildman–Crippen LogP) is 0.977. The summed E-state index contributed by atoms with van der Waals surface area (Å²) in [6.07, 6.45) is 7.87. The van der Waals surface area contributed by atoms with Crippen LogP contribution in [0.3, 0.4) is 0 Å². The Morgan fingerprint density at radius 2 is 2.10 bits per heavy atom. The molecule has 2 atom stereocenters. The summed E-state index contributed by atoms with van der Waals surface area (Å²) in [7, 11) is 2.21. The molecule has 1 amide bonds. The van der Waals surface area contributed by atoms with E-state index in [1.807, 2.05) is 0 Å². The van der Waals surface area contributed by atoms with E-state index in [1.165, 1.54) is 31.3 Å². The van der Waals surface area contributed by atoms with Crippen LogP contribution in [-0.2, 0) is 0 Å². The van der Waals surface area contributed by atoms with Crippen LogP contribution in [0.4, 0.5) is 0 Å². The van der Waals surface area contributed by atoms with E-state index < -0.39 is 0 Å². The van der Waals surface area contributed by atoms with Gasteiger partial charge in [-0.1, -0.05) is 0 Å². The number of nitrogens with zero attached hydrogens (tertiary/aromatic N) is 1. The lowest BCUT2D eigenvalue weighted by Gasteiger charge is -2.36. The summed E-state index contributed by atoms with van der Waals surface area (Å²) in [4.78, 5) is 28.9. The Morgan fingerprint density at radius 1 is 1.40 bits per heavy atom. The SMILES string of the molecule is CN1C2CCC1CC(CNC(=O)c1c[nH]ccc1=O)C2. The van der Waals surface area contributed by atoms with Gasteiger partial charge in [0.1, 0.15) is 5.56 Å². The van der Waals surface area contributed by atoms with Crippen molar-refractivity contribution < 1.29 is 4.79 Å². The van der Waals surface area contributed by atoms with E-state index in [2.05, 4.69) is 22.2 Å². The standard InChI is InChI=1S/C15H21N3O2/c1-18-11-2-3-12(18)7-10(6-11)8-17-15(20)13-9-16-5-4-14(13)19/h4-5,9-12H,2-3,6-8H2,1H3,(H,16,19)(H,17,20). The summed E-state index contributed by atoms with van der Waals surface area (Å²) in [5, 5.41) is 2.92. The highest BCUT2D eigenvalue weighted by atomic mass is 16.2. The van der Waals surface area contributed by atoms with E-state index in [1.54, 1.807) is 0 Å². The van der Waals surface area contributed by atoms with Crippen LogP contribution in [0, 0.1) is 5.92 Å². The van der Waals surface area contributed by atoms with Crippen molar-refractivity contribution >= 4 is 5.91 Å². The molecule has 20 heavy (non-hydrogen) atoms. The second kappa shape index (κ2) is 5.40. The van der Waals surface area contributed by atoms with Crippen LogP contribution in [0.25, 0.3) is 0 Å². The molecule has 5 heteroatoms. The second-order valence-electron chi connectivity index (χ2n) is 6.02. The first-order valence-electron chi connectivity index (χ1n) is 7.32. The Kier molecular flexibility index (Phi) is 3.61. The molecular weight excluding hydrogens is 254 g/mol. The summed E-state index contributed by atoms with van der Waals surface area (Å²) < 4.78 is 0. The van der Waals surface area contributed by atoms with Gasteiger partial charge in [-0.2, -0.15) is 0 Å². The van der Waals surface area contributed by atoms with E-state index in [4.69, 9.17) is 0 Å². The molecule has 1 aromatic rings. The zero-order valence-electron chi connectivity index (χ0n) is 11.8. The van der Waals surface area contributed by atoms with Gasteiger partial charge in [-0.3, -0.25) is 9.59 Å². The van der Waals surface area contributed by atoms with Gasteiger partial charge in [0.2, 0.25) is 0 Å². The molecule has 5 nitrogen and oxygen atoms in total. The highest BCUT2D eigenvalue weighted by Gasteiger charge is 2.38. The number of hydrogen-bond acceptors (Lipinski definition) is 3. The van der Waals surface area contributed by atoms with Gasteiger partial charge in [0, 0.05) is 37.1 Å². The molecule has 108 valence electrons. The molecular formula is C15H21N3O2. The first kappa shape index (κ1) is 13.4. The van der Waals surface area contributed by atoms with Gasteiger partial charge in [-0.25, -0.2) is 0 Å². The van der Waals surface area contributed by atoms with Crippen molar-refractivity contribution in [2.24, 2.45) is 5.92 Å². The van der Waals surface area contributed by atoms with E-state index in [9.17, 15) is 9.59 Å². The van der Waals surface area contributed by atoms with Crippen LogP contribution in [0.1, 0.15) is 36.0 Å². The number of aromatic nitrogens is 1. The number of carbonyl (C=O) groups is 1. The molecule has 2 bridgehead atoms. The quantitative estimate of drug-likeness (QED) is 0.864. The predicted molar refractivity (Wildman–Crippen MR) is 76.7 cm³/mol. The normalized spacial score (nSPS) is 29.4. The maximum absolute atomic E-state index is 12.0. The van der Waals surface area contributed by atoms with Gasteiger partial charge >= 0.3 is 0 Å². The van der Waals surface area contributed by atoms with Crippen LogP contribution in [0.5, 0.6) is 0 Å². The summed E-state index contributed by atoms with van der Waals surface area (Å²) in [6.45, 7) is 0.675. The Morgan fingerprint density at radius 3 is 2.75 bits per heavy atom. The van der Waals surface area contributed by atoms with Gasteiger partial charge in [0.05, 0.1) is 0 Å². The summed E-state index contributed by atoms with van der Waals surface area (Å²) in [6, 6.07) is 2.73. The number of hydrogen-bond donors (Lipinski definition) is 2. The average Bonchev–Trinajstić information content (AvgIpc) is 2.66.